The first-order valence-corrected chi connectivity index (χ1v) is 7.72. The van der Waals surface area contributed by atoms with E-state index in [9.17, 15) is 14.4 Å². The van der Waals surface area contributed by atoms with Crippen LogP contribution < -0.4 is 16.4 Å². The van der Waals surface area contributed by atoms with Gasteiger partial charge in [-0.2, -0.15) is 0 Å². The van der Waals surface area contributed by atoms with Crippen molar-refractivity contribution in [2.45, 2.75) is 26.7 Å². The number of hydrogen-bond acceptors (Lipinski definition) is 4. The molecule has 1 aliphatic carbocycles. The maximum Gasteiger partial charge on any atom is 0.321 e. The number of amides is 3. The van der Waals surface area contributed by atoms with E-state index >= 15 is 0 Å². The van der Waals surface area contributed by atoms with Crippen LogP contribution in [-0.2, 0) is 0 Å². The smallest absolute Gasteiger partial charge is 0.321 e. The second kappa shape index (κ2) is 7.59. The van der Waals surface area contributed by atoms with Gasteiger partial charge in [0.1, 0.15) is 0 Å². The van der Waals surface area contributed by atoms with E-state index in [-0.39, 0.29) is 16.8 Å². The molecule has 0 radical (unpaired) electrons. The first-order chi connectivity index (χ1) is 11.4. The first-order valence-electron chi connectivity index (χ1n) is 7.72. The minimum absolute atomic E-state index is 0.0578. The summed E-state index contributed by atoms with van der Waals surface area (Å²) in [7, 11) is 0. The normalized spacial score (nSPS) is 14.0. The Kier molecular flexibility index (Phi) is 5.52. The van der Waals surface area contributed by atoms with Crippen molar-refractivity contribution in [2.75, 3.05) is 12.3 Å². The molecule has 0 fully saturated rings. The lowest BCUT2D eigenvalue weighted by molar-refractivity contribution is 0.0965. The second-order valence-corrected chi connectivity index (χ2v) is 5.75. The van der Waals surface area contributed by atoms with Crippen molar-refractivity contribution in [3.05, 3.63) is 52.1 Å². The predicted molar refractivity (Wildman–Crippen MR) is 92.8 cm³/mol. The van der Waals surface area contributed by atoms with E-state index in [1.807, 2.05) is 13.8 Å². The molecule has 6 heteroatoms. The van der Waals surface area contributed by atoms with Crippen molar-refractivity contribution in [3.63, 3.8) is 0 Å². The van der Waals surface area contributed by atoms with Crippen LogP contribution in [0.4, 0.5) is 10.5 Å². The number of anilines is 1. The molecule has 126 valence electrons. The highest BCUT2D eigenvalue weighted by atomic mass is 16.2. The summed E-state index contributed by atoms with van der Waals surface area (Å²) in [5.41, 5.74) is 9.60. The topological polar surface area (TPSA) is 101 Å². The maximum absolute atomic E-state index is 12.1. The molecule has 0 aromatic heterocycles. The first kappa shape index (κ1) is 17.5. The third-order valence-corrected chi connectivity index (χ3v) is 4.13. The van der Waals surface area contributed by atoms with Gasteiger partial charge in [0.05, 0.1) is 11.3 Å². The van der Waals surface area contributed by atoms with Crippen molar-refractivity contribution in [1.29, 1.82) is 0 Å². The largest absolute Gasteiger partial charge is 0.397 e. The summed E-state index contributed by atoms with van der Waals surface area (Å²) in [5.74, 6) is -0.643. The number of nitrogen functional groups attached to an aromatic ring is 1. The number of allylic oxidation sites excluding steroid dienone is 2. The average Bonchev–Trinajstić information content (AvgIpc) is 2.54. The molecule has 2 rings (SSSR count). The molecular formula is C18H21N3O3. The number of aldehydes is 1. The van der Waals surface area contributed by atoms with Gasteiger partial charge in [-0.15, -0.1) is 0 Å². The summed E-state index contributed by atoms with van der Waals surface area (Å²) in [6.45, 7) is 4.41. The van der Waals surface area contributed by atoms with Crippen LogP contribution >= 0.6 is 0 Å². The van der Waals surface area contributed by atoms with Crippen LogP contribution in [0.3, 0.4) is 0 Å². The van der Waals surface area contributed by atoms with E-state index in [0.29, 0.717) is 12.8 Å². The summed E-state index contributed by atoms with van der Waals surface area (Å²) < 4.78 is 0. The lowest BCUT2D eigenvalue weighted by Gasteiger charge is -2.18. The Morgan fingerprint density at radius 3 is 2.71 bits per heavy atom. The molecule has 1 aromatic carbocycles. The number of benzene rings is 1. The number of nitrogens with one attached hydrogen (secondary N) is 2. The fraction of sp³-hybridized carbons (Fsp3) is 0.278. The number of imide groups is 1. The molecule has 24 heavy (non-hydrogen) atoms. The van der Waals surface area contributed by atoms with Gasteiger partial charge in [-0.25, -0.2) is 4.79 Å². The van der Waals surface area contributed by atoms with E-state index in [0.717, 1.165) is 24.0 Å². The second-order valence-electron chi connectivity index (χ2n) is 5.75. The van der Waals surface area contributed by atoms with Gasteiger partial charge in [0.25, 0.3) is 5.91 Å². The van der Waals surface area contributed by atoms with Crippen LogP contribution in [0.1, 0.15) is 47.4 Å². The highest BCUT2D eigenvalue weighted by Gasteiger charge is 2.16. The van der Waals surface area contributed by atoms with Crippen LogP contribution in [0.5, 0.6) is 0 Å². The van der Waals surface area contributed by atoms with Gasteiger partial charge in [0.15, 0.2) is 6.29 Å². The highest BCUT2D eigenvalue weighted by Crippen LogP contribution is 2.23. The summed E-state index contributed by atoms with van der Waals surface area (Å²) in [6.07, 6.45) is 4.69. The molecule has 0 unspecified atom stereocenters. The zero-order valence-corrected chi connectivity index (χ0v) is 13.8. The minimum Gasteiger partial charge on any atom is -0.397 e. The molecule has 3 amide bonds. The molecule has 1 aromatic rings. The number of para-hydroxylation sites is 1. The Morgan fingerprint density at radius 1 is 1.29 bits per heavy atom. The van der Waals surface area contributed by atoms with Crippen molar-refractivity contribution in [1.82, 2.24) is 10.6 Å². The molecule has 0 saturated heterocycles. The van der Waals surface area contributed by atoms with E-state index in [1.165, 1.54) is 23.8 Å². The molecule has 1 aliphatic rings. The van der Waals surface area contributed by atoms with E-state index in [4.69, 9.17) is 5.73 Å². The fourth-order valence-corrected chi connectivity index (χ4v) is 2.67. The van der Waals surface area contributed by atoms with Crippen molar-refractivity contribution in [2.24, 2.45) is 0 Å². The van der Waals surface area contributed by atoms with Gasteiger partial charge in [-0.05, 0) is 44.4 Å². The number of rotatable bonds is 4. The number of carbonyl (C=O) groups is 3. The lowest BCUT2D eigenvalue weighted by atomic mass is 9.93. The zero-order chi connectivity index (χ0) is 17.7. The molecule has 0 atom stereocenters. The molecule has 6 nitrogen and oxygen atoms in total. The molecule has 0 heterocycles. The van der Waals surface area contributed by atoms with E-state index in [2.05, 4.69) is 16.7 Å². The Bertz CT molecular complexity index is 748. The van der Waals surface area contributed by atoms with Gasteiger partial charge in [0.2, 0.25) is 0 Å². The van der Waals surface area contributed by atoms with Crippen molar-refractivity contribution >= 4 is 23.9 Å². The molecule has 0 bridgehead atoms. The molecular weight excluding hydrogens is 306 g/mol. The third kappa shape index (κ3) is 3.90. The summed E-state index contributed by atoms with van der Waals surface area (Å²) in [6, 6.07) is 3.91. The predicted octanol–water partition coefficient (Wildman–Crippen LogP) is 2.58. The Morgan fingerprint density at radius 2 is 2.04 bits per heavy atom. The van der Waals surface area contributed by atoms with Gasteiger partial charge in [0, 0.05) is 12.1 Å². The van der Waals surface area contributed by atoms with Crippen LogP contribution in [0.2, 0.25) is 0 Å². The maximum atomic E-state index is 12.1. The number of nitrogens with two attached hydrogens (primary N) is 1. The van der Waals surface area contributed by atoms with Gasteiger partial charge in [-0.1, -0.05) is 23.3 Å². The zero-order valence-electron chi connectivity index (χ0n) is 13.8. The third-order valence-electron chi connectivity index (χ3n) is 4.13. The Balaban J connectivity index is 1.99. The Labute approximate surface area is 140 Å². The number of urea groups is 1. The average molecular weight is 327 g/mol. The standard InChI is InChI=1S/C18H21N3O3/c1-11-5-3-6-12(2)15(11)9-20-18(24)21-17(23)14-8-4-7-13(10-22)16(14)19/h4-5,7-8,10H,3,6,9,19H2,1-2H3,(H2,20,21,23,24). The van der Waals surface area contributed by atoms with Crippen LogP contribution in [0, 0.1) is 0 Å². The summed E-state index contributed by atoms with van der Waals surface area (Å²) in [5, 5.41) is 4.91. The van der Waals surface area contributed by atoms with E-state index in [1.54, 1.807) is 0 Å². The minimum atomic E-state index is -0.643. The quantitative estimate of drug-likeness (QED) is 0.584. The van der Waals surface area contributed by atoms with Gasteiger partial charge >= 0.3 is 6.03 Å². The molecule has 0 saturated carbocycles. The van der Waals surface area contributed by atoms with Crippen LogP contribution in [0.15, 0.2) is 41.0 Å². The van der Waals surface area contributed by atoms with Gasteiger partial charge in [-0.3, -0.25) is 14.9 Å². The van der Waals surface area contributed by atoms with Crippen LogP contribution in [-0.4, -0.2) is 24.8 Å². The monoisotopic (exact) mass is 327 g/mol. The SMILES string of the molecule is CC1=CCCC(C)=C1CNC(=O)NC(=O)c1cccc(C=O)c1N. The van der Waals surface area contributed by atoms with Crippen LogP contribution in [0.25, 0.3) is 0 Å². The van der Waals surface area contributed by atoms with E-state index < -0.39 is 11.9 Å². The van der Waals surface area contributed by atoms with Gasteiger partial charge < -0.3 is 11.1 Å². The fourth-order valence-electron chi connectivity index (χ4n) is 2.67. The summed E-state index contributed by atoms with van der Waals surface area (Å²) >= 11 is 0. The molecule has 0 spiro atoms. The van der Waals surface area contributed by atoms with Crippen molar-refractivity contribution in [3.8, 4) is 0 Å². The summed E-state index contributed by atoms with van der Waals surface area (Å²) in [4.78, 5) is 34.9. The molecule has 0 aliphatic heterocycles. The Hall–Kier alpha value is -2.89. The lowest BCUT2D eigenvalue weighted by Crippen LogP contribution is -2.40. The molecule has 4 N–H and O–H groups in total. The van der Waals surface area contributed by atoms with Crippen molar-refractivity contribution < 1.29 is 14.4 Å². The number of carbonyl (C=O) groups excluding carboxylic acids is 3. The number of hydrogen-bond donors (Lipinski definition) is 3. The highest BCUT2D eigenvalue weighted by molar-refractivity contribution is 6.09.